The molecule has 1 aliphatic rings. The molecule has 5 nitrogen and oxygen atoms in total. The summed E-state index contributed by atoms with van der Waals surface area (Å²) >= 11 is 6.05. The third-order valence-electron chi connectivity index (χ3n) is 4.19. The van der Waals surface area contributed by atoms with E-state index < -0.39 is 5.97 Å². The Kier molecular flexibility index (Phi) is 6.12. The van der Waals surface area contributed by atoms with Crippen LogP contribution in [0.5, 0.6) is 11.5 Å². The summed E-state index contributed by atoms with van der Waals surface area (Å²) in [7, 11) is 1.54. The molecule has 0 N–H and O–H groups in total. The number of halogens is 1. The predicted octanol–water partition coefficient (Wildman–Crippen LogP) is 4.39. The van der Waals surface area contributed by atoms with Gasteiger partial charge in [-0.2, -0.15) is 5.10 Å². The summed E-state index contributed by atoms with van der Waals surface area (Å²) < 4.78 is 10.8. The predicted molar refractivity (Wildman–Crippen MR) is 102 cm³/mol. The molecule has 1 aliphatic heterocycles. The van der Waals surface area contributed by atoms with E-state index >= 15 is 0 Å². The molecule has 6 heteroatoms. The van der Waals surface area contributed by atoms with Crippen LogP contribution in [0.1, 0.15) is 35.2 Å². The van der Waals surface area contributed by atoms with Crippen LogP contribution >= 0.6 is 11.6 Å². The number of hydrazone groups is 1. The van der Waals surface area contributed by atoms with Crippen LogP contribution in [0.15, 0.2) is 47.6 Å². The third-order valence-corrected chi connectivity index (χ3v) is 4.52. The molecule has 0 amide bonds. The highest BCUT2D eigenvalue weighted by Gasteiger charge is 2.15. The molecule has 0 saturated carbocycles. The fraction of sp³-hybridized carbons (Fsp3) is 0.300. The fourth-order valence-corrected chi connectivity index (χ4v) is 2.98. The second-order valence-corrected chi connectivity index (χ2v) is 6.45. The maximum atomic E-state index is 12.3. The first kappa shape index (κ1) is 18.3. The summed E-state index contributed by atoms with van der Waals surface area (Å²) in [6.45, 7) is 1.97. The van der Waals surface area contributed by atoms with Crippen molar-refractivity contribution in [1.82, 2.24) is 5.01 Å². The van der Waals surface area contributed by atoms with Gasteiger partial charge in [0.2, 0.25) is 0 Å². The van der Waals surface area contributed by atoms with E-state index in [1.54, 1.807) is 42.6 Å². The number of hydrogen-bond donors (Lipinski definition) is 0. The van der Waals surface area contributed by atoms with Gasteiger partial charge in [0, 0.05) is 13.1 Å². The molecule has 0 atom stereocenters. The van der Waals surface area contributed by atoms with Gasteiger partial charge < -0.3 is 9.47 Å². The number of rotatable bonds is 5. The minimum Gasteiger partial charge on any atom is -0.493 e. The fourth-order valence-electron chi connectivity index (χ4n) is 2.77. The Balaban J connectivity index is 1.73. The lowest BCUT2D eigenvalue weighted by Gasteiger charge is -2.23. The number of ether oxygens (including phenoxy) is 2. The number of carbonyl (C=O) groups excluding carboxylic acids is 1. The minimum absolute atomic E-state index is 0.312. The molecule has 0 radical (unpaired) electrons. The number of benzene rings is 2. The van der Waals surface area contributed by atoms with Crippen LogP contribution in [0.25, 0.3) is 0 Å². The monoisotopic (exact) mass is 372 g/mol. The smallest absolute Gasteiger partial charge is 0.345 e. The van der Waals surface area contributed by atoms with Gasteiger partial charge in [0.15, 0.2) is 11.5 Å². The summed E-state index contributed by atoms with van der Waals surface area (Å²) in [5.41, 5.74) is 1.19. The Morgan fingerprint density at radius 2 is 1.88 bits per heavy atom. The van der Waals surface area contributed by atoms with E-state index in [1.165, 1.54) is 26.4 Å². The number of nitrogens with zero attached hydrogens (tertiary/aromatic N) is 2. The van der Waals surface area contributed by atoms with Gasteiger partial charge in [-0.1, -0.05) is 23.7 Å². The maximum Gasteiger partial charge on any atom is 0.345 e. The van der Waals surface area contributed by atoms with E-state index in [0.29, 0.717) is 22.1 Å². The van der Waals surface area contributed by atoms with Crippen molar-refractivity contribution < 1.29 is 14.3 Å². The van der Waals surface area contributed by atoms with Gasteiger partial charge in [0.1, 0.15) is 0 Å². The minimum atomic E-state index is -0.524. The number of esters is 1. The van der Waals surface area contributed by atoms with Crippen molar-refractivity contribution in [3.8, 4) is 11.5 Å². The lowest BCUT2D eigenvalue weighted by Crippen LogP contribution is -2.24. The van der Waals surface area contributed by atoms with Crippen molar-refractivity contribution in [1.29, 1.82) is 0 Å². The SMILES string of the molecule is COc1cc(/C=N\N2CCCCC2)ccc1OC(=O)c1ccccc1Cl. The van der Waals surface area contributed by atoms with Crippen molar-refractivity contribution >= 4 is 23.8 Å². The lowest BCUT2D eigenvalue weighted by atomic mass is 10.2. The highest BCUT2D eigenvalue weighted by atomic mass is 35.5. The van der Waals surface area contributed by atoms with E-state index in [0.717, 1.165) is 18.7 Å². The van der Waals surface area contributed by atoms with Gasteiger partial charge in [-0.15, -0.1) is 0 Å². The molecular weight excluding hydrogens is 352 g/mol. The first-order valence-electron chi connectivity index (χ1n) is 8.61. The lowest BCUT2D eigenvalue weighted by molar-refractivity contribution is 0.0730. The largest absolute Gasteiger partial charge is 0.493 e. The normalized spacial score (nSPS) is 14.5. The molecule has 0 bridgehead atoms. The summed E-state index contributed by atoms with van der Waals surface area (Å²) in [6, 6.07) is 12.1. The molecule has 26 heavy (non-hydrogen) atoms. The standard InChI is InChI=1S/C20H21ClN2O3/c1-25-19-13-15(14-22-23-11-5-2-6-12-23)9-10-18(19)26-20(24)16-7-3-4-8-17(16)21/h3-4,7-10,13-14H,2,5-6,11-12H2,1H3/b22-14-. The molecule has 0 aliphatic carbocycles. The maximum absolute atomic E-state index is 12.3. The Hall–Kier alpha value is -2.53. The first-order chi connectivity index (χ1) is 12.7. The molecule has 2 aromatic rings. The van der Waals surface area contributed by atoms with Crippen LogP contribution in [0.4, 0.5) is 0 Å². The van der Waals surface area contributed by atoms with Gasteiger partial charge in [0.05, 0.1) is 23.9 Å². The van der Waals surface area contributed by atoms with Crippen LogP contribution in [-0.2, 0) is 0 Å². The van der Waals surface area contributed by atoms with Gasteiger partial charge in [-0.05, 0) is 55.2 Å². The summed E-state index contributed by atoms with van der Waals surface area (Å²) in [5, 5.41) is 6.93. The average Bonchev–Trinajstić information content (AvgIpc) is 2.68. The van der Waals surface area contributed by atoms with Crippen molar-refractivity contribution in [2.24, 2.45) is 5.10 Å². The molecule has 0 aromatic heterocycles. The molecule has 0 spiro atoms. The zero-order valence-corrected chi connectivity index (χ0v) is 15.4. The quantitative estimate of drug-likeness (QED) is 0.444. The van der Waals surface area contributed by atoms with Crippen LogP contribution in [0, 0.1) is 0 Å². The van der Waals surface area contributed by atoms with Crippen LogP contribution in [0.3, 0.4) is 0 Å². The molecule has 2 aromatic carbocycles. The molecule has 1 fully saturated rings. The van der Waals surface area contributed by atoms with E-state index in [2.05, 4.69) is 10.1 Å². The van der Waals surface area contributed by atoms with E-state index in [1.807, 2.05) is 6.07 Å². The van der Waals surface area contributed by atoms with Crippen molar-refractivity contribution in [2.45, 2.75) is 19.3 Å². The van der Waals surface area contributed by atoms with Gasteiger partial charge in [-0.25, -0.2) is 4.79 Å². The Morgan fingerprint density at radius 1 is 1.12 bits per heavy atom. The summed E-state index contributed by atoms with van der Waals surface area (Å²) in [4.78, 5) is 12.3. The first-order valence-corrected chi connectivity index (χ1v) is 8.99. The number of piperidine rings is 1. The zero-order chi connectivity index (χ0) is 18.4. The van der Waals surface area contributed by atoms with Gasteiger partial charge in [0.25, 0.3) is 0 Å². The van der Waals surface area contributed by atoms with Crippen molar-refractivity contribution in [2.75, 3.05) is 20.2 Å². The molecule has 3 rings (SSSR count). The van der Waals surface area contributed by atoms with Crippen LogP contribution in [-0.4, -0.2) is 37.4 Å². The molecule has 1 saturated heterocycles. The summed E-state index contributed by atoms with van der Waals surface area (Å²) in [6.07, 6.45) is 5.42. The second kappa shape index (κ2) is 8.72. The Labute approximate surface area is 158 Å². The van der Waals surface area contributed by atoms with Gasteiger partial charge >= 0.3 is 5.97 Å². The second-order valence-electron chi connectivity index (χ2n) is 6.04. The van der Waals surface area contributed by atoms with Crippen molar-refractivity contribution in [3.63, 3.8) is 0 Å². The topological polar surface area (TPSA) is 51.1 Å². The van der Waals surface area contributed by atoms with Crippen molar-refractivity contribution in [3.05, 3.63) is 58.6 Å². The number of hydrogen-bond acceptors (Lipinski definition) is 5. The highest BCUT2D eigenvalue weighted by molar-refractivity contribution is 6.33. The van der Waals surface area contributed by atoms with E-state index in [-0.39, 0.29) is 0 Å². The highest BCUT2D eigenvalue weighted by Crippen LogP contribution is 2.29. The van der Waals surface area contributed by atoms with E-state index in [9.17, 15) is 4.79 Å². The molecule has 136 valence electrons. The Morgan fingerprint density at radius 3 is 2.62 bits per heavy atom. The number of carbonyl (C=O) groups is 1. The van der Waals surface area contributed by atoms with E-state index in [4.69, 9.17) is 21.1 Å². The Bertz CT molecular complexity index is 801. The summed E-state index contributed by atoms with van der Waals surface area (Å²) in [5.74, 6) is 0.282. The molecule has 1 heterocycles. The third kappa shape index (κ3) is 4.55. The van der Waals surface area contributed by atoms with Crippen LogP contribution < -0.4 is 9.47 Å². The van der Waals surface area contributed by atoms with Gasteiger partial charge in [-0.3, -0.25) is 5.01 Å². The van der Waals surface area contributed by atoms with Crippen LogP contribution in [0.2, 0.25) is 5.02 Å². The molecular formula is C20H21ClN2O3. The average molecular weight is 373 g/mol. The number of methoxy groups -OCH3 is 1. The molecule has 0 unspecified atom stereocenters. The zero-order valence-electron chi connectivity index (χ0n) is 14.7.